The summed E-state index contributed by atoms with van der Waals surface area (Å²) in [6, 6.07) is 8.29. The summed E-state index contributed by atoms with van der Waals surface area (Å²) < 4.78 is 27.8. The molecule has 0 aliphatic rings. The third kappa shape index (κ3) is 2.95. The lowest BCUT2D eigenvalue weighted by atomic mass is 9.98. The number of rotatable bonds is 3. The van der Waals surface area contributed by atoms with E-state index in [4.69, 9.17) is 17.4 Å². The topological polar surface area (TPSA) is 38.0 Å². The lowest BCUT2D eigenvalue weighted by Crippen LogP contribution is -2.30. The summed E-state index contributed by atoms with van der Waals surface area (Å²) in [6.45, 7) is 0. The molecule has 0 bridgehead atoms. The molecule has 0 saturated heterocycles. The maximum absolute atomic E-state index is 13.8. The van der Waals surface area contributed by atoms with Crippen LogP contribution in [0.3, 0.4) is 0 Å². The molecule has 19 heavy (non-hydrogen) atoms. The van der Waals surface area contributed by atoms with Crippen molar-refractivity contribution in [1.82, 2.24) is 5.43 Å². The Labute approximate surface area is 122 Å². The van der Waals surface area contributed by atoms with Gasteiger partial charge in [0.15, 0.2) is 11.6 Å². The molecule has 2 rings (SSSR count). The molecule has 0 fully saturated rings. The highest BCUT2D eigenvalue weighted by Crippen LogP contribution is 2.32. The molecule has 1 atom stereocenters. The molecule has 6 heteroatoms. The van der Waals surface area contributed by atoms with Crippen LogP contribution in [0, 0.1) is 11.6 Å². The molecule has 0 aromatic heterocycles. The molecule has 100 valence electrons. The van der Waals surface area contributed by atoms with Crippen LogP contribution < -0.4 is 11.3 Å². The smallest absolute Gasteiger partial charge is 0.163 e. The van der Waals surface area contributed by atoms with Crippen molar-refractivity contribution in [3.63, 3.8) is 0 Å². The van der Waals surface area contributed by atoms with Crippen LogP contribution in [0.5, 0.6) is 0 Å². The van der Waals surface area contributed by atoms with Gasteiger partial charge in [-0.2, -0.15) is 0 Å². The van der Waals surface area contributed by atoms with E-state index in [0.717, 1.165) is 6.07 Å². The molecule has 0 spiro atoms. The summed E-state index contributed by atoms with van der Waals surface area (Å²) in [4.78, 5) is 0. The molecule has 0 saturated carbocycles. The van der Waals surface area contributed by atoms with Gasteiger partial charge in [0.2, 0.25) is 0 Å². The van der Waals surface area contributed by atoms with Crippen molar-refractivity contribution >= 4 is 27.5 Å². The lowest BCUT2D eigenvalue weighted by Gasteiger charge is -2.19. The van der Waals surface area contributed by atoms with Gasteiger partial charge in [-0.3, -0.25) is 5.84 Å². The van der Waals surface area contributed by atoms with Gasteiger partial charge in [-0.25, -0.2) is 14.2 Å². The van der Waals surface area contributed by atoms with Crippen LogP contribution in [0.1, 0.15) is 17.2 Å². The number of nitrogens with one attached hydrogen (secondary N) is 1. The molecule has 0 radical (unpaired) electrons. The van der Waals surface area contributed by atoms with Gasteiger partial charge in [-0.1, -0.05) is 39.7 Å². The van der Waals surface area contributed by atoms with Crippen molar-refractivity contribution in [3.05, 3.63) is 68.7 Å². The minimum absolute atomic E-state index is 0.116. The van der Waals surface area contributed by atoms with Crippen molar-refractivity contribution in [2.45, 2.75) is 6.04 Å². The van der Waals surface area contributed by atoms with Gasteiger partial charge in [-0.05, 0) is 29.8 Å². The fourth-order valence-electron chi connectivity index (χ4n) is 1.83. The molecule has 1 unspecified atom stereocenters. The first-order valence-corrected chi connectivity index (χ1v) is 6.56. The quantitative estimate of drug-likeness (QED) is 0.652. The van der Waals surface area contributed by atoms with Crippen molar-refractivity contribution in [3.8, 4) is 0 Å². The van der Waals surface area contributed by atoms with E-state index in [2.05, 4.69) is 21.4 Å². The Morgan fingerprint density at radius 2 is 1.89 bits per heavy atom. The van der Waals surface area contributed by atoms with E-state index in [1.165, 1.54) is 12.1 Å². The average Bonchev–Trinajstić information content (AvgIpc) is 2.39. The summed E-state index contributed by atoms with van der Waals surface area (Å²) in [7, 11) is 0. The Kier molecular flexibility index (Phi) is 4.52. The third-order valence-electron chi connectivity index (χ3n) is 2.73. The fraction of sp³-hybridized carbons (Fsp3) is 0.0769. The van der Waals surface area contributed by atoms with Crippen LogP contribution in [0.15, 0.2) is 40.9 Å². The zero-order valence-electron chi connectivity index (χ0n) is 9.63. The van der Waals surface area contributed by atoms with Crippen LogP contribution in [-0.4, -0.2) is 0 Å². The Bertz CT molecular complexity index is 605. The summed E-state index contributed by atoms with van der Waals surface area (Å²) in [5, 5.41) is 0.482. The molecule has 2 nitrogen and oxygen atoms in total. The van der Waals surface area contributed by atoms with Crippen LogP contribution in [0.25, 0.3) is 0 Å². The zero-order valence-corrected chi connectivity index (χ0v) is 12.0. The molecule has 0 heterocycles. The predicted octanol–water partition coefficient (Wildman–Crippen LogP) is 3.93. The van der Waals surface area contributed by atoms with Gasteiger partial charge in [0, 0.05) is 15.1 Å². The van der Waals surface area contributed by atoms with Crippen molar-refractivity contribution < 1.29 is 8.78 Å². The average molecular weight is 348 g/mol. The first-order valence-electron chi connectivity index (χ1n) is 5.39. The number of hydrogen-bond donors (Lipinski definition) is 2. The van der Waals surface area contributed by atoms with Gasteiger partial charge < -0.3 is 0 Å². The maximum Gasteiger partial charge on any atom is 0.163 e. The third-order valence-corrected chi connectivity index (χ3v) is 3.69. The standard InChI is InChI=1S/C13H10BrClF2N2/c14-10-5-4-7(15)6-9(10)13(19-18)8-2-1-3-11(16)12(8)17/h1-6,13,19H,18H2. The van der Waals surface area contributed by atoms with Crippen molar-refractivity contribution in [2.75, 3.05) is 0 Å². The zero-order chi connectivity index (χ0) is 14.0. The Morgan fingerprint density at radius 1 is 1.16 bits per heavy atom. The predicted molar refractivity (Wildman–Crippen MR) is 74.7 cm³/mol. The van der Waals surface area contributed by atoms with E-state index >= 15 is 0 Å². The van der Waals surface area contributed by atoms with Crippen LogP contribution in [0.4, 0.5) is 8.78 Å². The number of halogens is 4. The van der Waals surface area contributed by atoms with Gasteiger partial charge in [0.25, 0.3) is 0 Å². The van der Waals surface area contributed by atoms with E-state index in [1.54, 1.807) is 18.2 Å². The van der Waals surface area contributed by atoms with E-state index in [9.17, 15) is 8.78 Å². The SMILES string of the molecule is NNC(c1cc(Cl)ccc1Br)c1cccc(F)c1F. The highest BCUT2D eigenvalue weighted by molar-refractivity contribution is 9.10. The lowest BCUT2D eigenvalue weighted by molar-refractivity contribution is 0.483. The first-order chi connectivity index (χ1) is 9.04. The van der Waals surface area contributed by atoms with E-state index < -0.39 is 17.7 Å². The van der Waals surface area contributed by atoms with Crippen molar-refractivity contribution in [2.24, 2.45) is 5.84 Å². The molecule has 0 aliphatic heterocycles. The molecule has 2 aromatic rings. The molecular formula is C13H10BrClF2N2. The number of hydrazine groups is 1. The fourth-order valence-corrected chi connectivity index (χ4v) is 2.48. The van der Waals surface area contributed by atoms with Crippen LogP contribution >= 0.6 is 27.5 Å². The number of hydrogen-bond acceptors (Lipinski definition) is 2. The van der Waals surface area contributed by atoms with Gasteiger partial charge in [0.05, 0.1) is 6.04 Å². The van der Waals surface area contributed by atoms with E-state index in [0.29, 0.717) is 15.1 Å². The number of benzene rings is 2. The first kappa shape index (κ1) is 14.4. The van der Waals surface area contributed by atoms with E-state index in [-0.39, 0.29) is 5.56 Å². The van der Waals surface area contributed by atoms with Crippen LogP contribution in [-0.2, 0) is 0 Å². The highest BCUT2D eigenvalue weighted by atomic mass is 79.9. The maximum atomic E-state index is 13.8. The summed E-state index contributed by atoms with van der Waals surface area (Å²) in [6.07, 6.45) is 0. The molecule has 2 aromatic carbocycles. The van der Waals surface area contributed by atoms with Crippen LogP contribution in [0.2, 0.25) is 5.02 Å². The minimum Gasteiger partial charge on any atom is -0.271 e. The minimum atomic E-state index is -0.933. The summed E-state index contributed by atoms with van der Waals surface area (Å²) >= 11 is 9.26. The molecule has 0 aliphatic carbocycles. The Balaban J connectivity index is 2.56. The normalized spacial score (nSPS) is 12.5. The van der Waals surface area contributed by atoms with Gasteiger partial charge in [-0.15, -0.1) is 0 Å². The van der Waals surface area contributed by atoms with Crippen molar-refractivity contribution in [1.29, 1.82) is 0 Å². The molecular weight excluding hydrogens is 338 g/mol. The van der Waals surface area contributed by atoms with Gasteiger partial charge in [0.1, 0.15) is 0 Å². The monoisotopic (exact) mass is 346 g/mol. The summed E-state index contributed by atoms with van der Waals surface area (Å²) in [5.74, 6) is 3.62. The van der Waals surface area contributed by atoms with Gasteiger partial charge >= 0.3 is 0 Å². The second kappa shape index (κ2) is 5.96. The second-order valence-corrected chi connectivity index (χ2v) is 5.20. The Morgan fingerprint density at radius 3 is 2.58 bits per heavy atom. The molecule has 0 amide bonds. The van der Waals surface area contributed by atoms with E-state index in [1.807, 2.05) is 0 Å². The molecule has 3 N–H and O–H groups in total. The number of nitrogens with two attached hydrogens (primary N) is 1. The second-order valence-electron chi connectivity index (χ2n) is 3.91. The highest BCUT2D eigenvalue weighted by Gasteiger charge is 2.21. The largest absolute Gasteiger partial charge is 0.271 e. The summed E-state index contributed by atoms with van der Waals surface area (Å²) in [5.41, 5.74) is 3.22. The Hall–Kier alpha value is -1.01.